The molecule has 2 heterocycles. The number of hydrogen-bond donors (Lipinski definition) is 3. The largest absolute Gasteiger partial charge is 0.491 e. The maximum Gasteiger partial charge on any atom is 0.253 e. The van der Waals surface area contributed by atoms with E-state index < -0.39 is 21.7 Å². The number of carbonyl (C=O) groups excluding carboxylic acids is 1. The van der Waals surface area contributed by atoms with E-state index in [0.29, 0.717) is 44.0 Å². The fourth-order valence-electron chi connectivity index (χ4n) is 5.62. The molecule has 1 aromatic carbocycles. The van der Waals surface area contributed by atoms with Crippen molar-refractivity contribution in [2.75, 3.05) is 32.1 Å². The van der Waals surface area contributed by atoms with Gasteiger partial charge in [-0.05, 0) is 74.8 Å². The summed E-state index contributed by atoms with van der Waals surface area (Å²) in [4.78, 5) is 17.7. The van der Waals surface area contributed by atoms with Crippen LogP contribution < -0.4 is 10.1 Å². The molecule has 1 amide bonds. The van der Waals surface area contributed by atoms with Gasteiger partial charge in [-0.3, -0.25) is 9.79 Å². The standard InChI is InChI=1S/C26H39N3O6S/c1-18-14-22(35-17-21(31)16-30)15-19(2)23(18)8-13-36(33,34)29-11-9-26(10-12-29)25(32)27-24(28-26)20-6-4-3-5-7-20/h14-15,20-21,30-31H,3-13,16-17H2,1-2H3,(H,27,28,32)/t21-/m0/s1. The van der Waals surface area contributed by atoms with E-state index in [9.17, 15) is 18.3 Å². The summed E-state index contributed by atoms with van der Waals surface area (Å²) in [7, 11) is -3.49. The highest BCUT2D eigenvalue weighted by molar-refractivity contribution is 7.89. The number of rotatable bonds is 9. The molecular formula is C26H39N3O6S. The van der Waals surface area contributed by atoms with Crippen molar-refractivity contribution >= 4 is 21.8 Å². The van der Waals surface area contributed by atoms with Crippen molar-refractivity contribution in [2.24, 2.45) is 10.9 Å². The number of piperidine rings is 1. The number of nitrogens with zero attached hydrogens (tertiary/aromatic N) is 2. The van der Waals surface area contributed by atoms with Gasteiger partial charge in [0.15, 0.2) is 0 Å². The maximum absolute atomic E-state index is 13.2. The Morgan fingerprint density at radius 1 is 1.17 bits per heavy atom. The predicted octanol–water partition coefficient (Wildman–Crippen LogP) is 1.85. The Bertz CT molecular complexity index is 1070. The van der Waals surface area contributed by atoms with Crippen molar-refractivity contribution in [1.29, 1.82) is 0 Å². The topological polar surface area (TPSA) is 129 Å². The van der Waals surface area contributed by atoms with Gasteiger partial charge in [-0.25, -0.2) is 12.7 Å². The van der Waals surface area contributed by atoms with Crippen molar-refractivity contribution in [3.05, 3.63) is 28.8 Å². The molecule has 1 saturated carbocycles. The van der Waals surface area contributed by atoms with E-state index in [-0.39, 0.29) is 24.9 Å². The van der Waals surface area contributed by atoms with Crippen LogP contribution in [0.15, 0.2) is 17.1 Å². The van der Waals surface area contributed by atoms with Crippen molar-refractivity contribution in [2.45, 2.75) is 76.9 Å². The van der Waals surface area contributed by atoms with Gasteiger partial charge in [0.05, 0.1) is 12.4 Å². The molecule has 0 radical (unpaired) electrons. The lowest BCUT2D eigenvalue weighted by Gasteiger charge is -2.34. The molecular weight excluding hydrogens is 482 g/mol. The Balaban J connectivity index is 1.35. The molecule has 4 rings (SSSR count). The number of benzene rings is 1. The lowest BCUT2D eigenvalue weighted by molar-refractivity contribution is -0.125. The van der Waals surface area contributed by atoms with Gasteiger partial charge >= 0.3 is 0 Å². The Morgan fingerprint density at radius 3 is 2.42 bits per heavy atom. The van der Waals surface area contributed by atoms with Gasteiger partial charge in [0.25, 0.3) is 5.91 Å². The van der Waals surface area contributed by atoms with E-state index in [4.69, 9.17) is 14.8 Å². The zero-order chi connectivity index (χ0) is 25.9. The van der Waals surface area contributed by atoms with Gasteiger partial charge in [0, 0.05) is 19.0 Å². The number of sulfonamides is 1. The van der Waals surface area contributed by atoms with Gasteiger partial charge in [-0.2, -0.15) is 0 Å². The fourth-order valence-corrected chi connectivity index (χ4v) is 7.08. The first-order valence-electron chi connectivity index (χ1n) is 13.0. The highest BCUT2D eigenvalue weighted by Crippen LogP contribution is 2.35. The van der Waals surface area contributed by atoms with Crippen LogP contribution in [0.25, 0.3) is 0 Å². The molecule has 2 fully saturated rings. The molecule has 0 unspecified atom stereocenters. The third-order valence-electron chi connectivity index (χ3n) is 7.87. The second kappa shape index (κ2) is 11.2. The van der Waals surface area contributed by atoms with Crippen molar-refractivity contribution < 1.29 is 28.2 Å². The molecule has 10 heteroatoms. The SMILES string of the molecule is Cc1cc(OC[C@@H](O)CO)cc(C)c1CCS(=O)(=O)N1CCC2(CC1)N=C(C1CCCCC1)NC2=O. The zero-order valence-corrected chi connectivity index (χ0v) is 22.1. The Morgan fingerprint density at radius 2 is 1.81 bits per heavy atom. The second-order valence-corrected chi connectivity index (χ2v) is 12.6. The average Bonchev–Trinajstić information content (AvgIpc) is 3.18. The lowest BCUT2D eigenvalue weighted by atomic mass is 9.88. The smallest absolute Gasteiger partial charge is 0.253 e. The van der Waals surface area contributed by atoms with Crippen LogP contribution in [0.5, 0.6) is 5.75 Å². The molecule has 200 valence electrons. The zero-order valence-electron chi connectivity index (χ0n) is 21.3. The third-order valence-corrected chi connectivity index (χ3v) is 9.74. The Kier molecular flexibility index (Phi) is 8.38. The van der Waals surface area contributed by atoms with Gasteiger partial charge in [0.1, 0.15) is 29.8 Å². The van der Waals surface area contributed by atoms with E-state index >= 15 is 0 Å². The lowest BCUT2D eigenvalue weighted by Crippen LogP contribution is -2.51. The van der Waals surface area contributed by atoms with Gasteiger partial charge < -0.3 is 20.3 Å². The molecule has 1 saturated heterocycles. The first-order valence-corrected chi connectivity index (χ1v) is 14.7. The van der Waals surface area contributed by atoms with Crippen LogP contribution in [0.4, 0.5) is 0 Å². The third kappa shape index (κ3) is 5.93. The first kappa shape index (κ1) is 27.0. The summed E-state index contributed by atoms with van der Waals surface area (Å²) < 4.78 is 33.4. The molecule has 3 N–H and O–H groups in total. The number of aryl methyl sites for hydroxylation is 2. The molecule has 1 aliphatic carbocycles. The second-order valence-electron chi connectivity index (χ2n) is 10.5. The molecule has 1 spiro atoms. The number of ether oxygens (including phenoxy) is 1. The molecule has 9 nitrogen and oxygen atoms in total. The predicted molar refractivity (Wildman–Crippen MR) is 138 cm³/mol. The first-order chi connectivity index (χ1) is 17.1. The summed E-state index contributed by atoms with van der Waals surface area (Å²) in [5.41, 5.74) is 1.98. The quantitative estimate of drug-likeness (QED) is 0.455. The number of aliphatic hydroxyl groups is 2. The highest BCUT2D eigenvalue weighted by Gasteiger charge is 2.48. The van der Waals surface area contributed by atoms with Crippen LogP contribution in [0.3, 0.4) is 0 Å². The average molecular weight is 522 g/mol. The van der Waals surface area contributed by atoms with E-state index in [1.54, 1.807) is 0 Å². The molecule has 1 atom stereocenters. The minimum Gasteiger partial charge on any atom is -0.491 e. The monoisotopic (exact) mass is 521 g/mol. The highest BCUT2D eigenvalue weighted by atomic mass is 32.2. The molecule has 2 aliphatic heterocycles. The summed E-state index contributed by atoms with van der Waals surface area (Å²) in [6.45, 7) is 4.04. The summed E-state index contributed by atoms with van der Waals surface area (Å²) in [5.74, 6) is 1.65. The summed E-state index contributed by atoms with van der Waals surface area (Å²) >= 11 is 0. The van der Waals surface area contributed by atoms with Crippen LogP contribution >= 0.6 is 0 Å². The van der Waals surface area contributed by atoms with Crippen molar-refractivity contribution in [1.82, 2.24) is 9.62 Å². The van der Waals surface area contributed by atoms with Crippen LogP contribution in [-0.2, 0) is 21.2 Å². The van der Waals surface area contributed by atoms with Crippen LogP contribution in [0.2, 0.25) is 0 Å². The number of carbonyl (C=O) groups is 1. The number of hydrogen-bond acceptors (Lipinski definition) is 7. The van der Waals surface area contributed by atoms with Gasteiger partial charge in [0.2, 0.25) is 10.0 Å². The van der Waals surface area contributed by atoms with Crippen LogP contribution in [0, 0.1) is 19.8 Å². The maximum atomic E-state index is 13.2. The molecule has 0 bridgehead atoms. The Labute approximate surface area is 214 Å². The number of nitrogens with one attached hydrogen (secondary N) is 1. The summed E-state index contributed by atoms with van der Waals surface area (Å²) in [5, 5.41) is 21.5. The Hall–Kier alpha value is -2.01. The summed E-state index contributed by atoms with van der Waals surface area (Å²) in [6, 6.07) is 3.65. The molecule has 3 aliphatic rings. The minimum atomic E-state index is -3.49. The number of aliphatic imine (C=N–C) groups is 1. The minimum absolute atomic E-state index is 0.00605. The van der Waals surface area contributed by atoms with Gasteiger partial charge in [-0.1, -0.05) is 19.3 Å². The molecule has 0 aromatic heterocycles. The number of amides is 1. The van der Waals surface area contributed by atoms with E-state index in [0.717, 1.165) is 35.4 Å². The molecule has 1 aromatic rings. The van der Waals surface area contributed by atoms with E-state index in [2.05, 4.69) is 5.32 Å². The van der Waals surface area contributed by atoms with E-state index in [1.165, 1.54) is 23.6 Å². The van der Waals surface area contributed by atoms with E-state index in [1.807, 2.05) is 26.0 Å². The number of aliphatic hydroxyl groups excluding tert-OH is 2. The van der Waals surface area contributed by atoms with Crippen molar-refractivity contribution in [3.63, 3.8) is 0 Å². The van der Waals surface area contributed by atoms with Crippen LogP contribution in [-0.4, -0.2) is 78.4 Å². The van der Waals surface area contributed by atoms with Crippen molar-refractivity contribution in [3.8, 4) is 5.75 Å². The van der Waals surface area contributed by atoms with Gasteiger partial charge in [-0.15, -0.1) is 0 Å². The number of amidine groups is 1. The fraction of sp³-hybridized carbons (Fsp3) is 0.692. The summed E-state index contributed by atoms with van der Waals surface area (Å²) in [6.07, 6.45) is 5.96. The molecule has 36 heavy (non-hydrogen) atoms. The van der Waals surface area contributed by atoms with Crippen LogP contribution in [0.1, 0.15) is 61.6 Å². The normalized spacial score (nSPS) is 21.9.